The molecule has 3 rings (SSSR count). The molecule has 2 aromatic carbocycles. The number of carbonyl (C=O) groups is 1. The third-order valence-electron chi connectivity index (χ3n) is 3.27. The van der Waals surface area contributed by atoms with Crippen LogP contribution in [0.3, 0.4) is 0 Å². The van der Waals surface area contributed by atoms with Gasteiger partial charge in [0.2, 0.25) is 5.13 Å². The minimum atomic E-state index is -0.516. The maximum Gasteiger partial charge on any atom is 0.325 e. The molecule has 0 unspecified atom stereocenters. The smallest absolute Gasteiger partial charge is 0.325 e. The molecular weight excluding hydrogens is 429 g/mol. The molecule has 0 radical (unpaired) electrons. The highest BCUT2D eigenvalue weighted by atomic mass is 35.5. The van der Waals surface area contributed by atoms with Crippen molar-refractivity contribution in [2.75, 3.05) is 10.6 Å². The van der Waals surface area contributed by atoms with Gasteiger partial charge in [-0.2, -0.15) is 0 Å². The predicted octanol–water partition coefficient (Wildman–Crippen LogP) is 4.98. The Labute approximate surface area is 172 Å². The number of hydrogen-bond acceptors (Lipinski definition) is 7. The average molecular weight is 440 g/mol. The summed E-state index contributed by atoms with van der Waals surface area (Å²) in [5, 5.41) is 25.1. The van der Waals surface area contributed by atoms with E-state index in [-0.39, 0.29) is 17.4 Å². The quantitative estimate of drug-likeness (QED) is 0.412. The first-order valence-electron chi connectivity index (χ1n) is 7.63. The van der Waals surface area contributed by atoms with Crippen molar-refractivity contribution in [2.24, 2.45) is 0 Å². The Bertz CT molecular complexity index is 1010. The van der Waals surface area contributed by atoms with E-state index >= 15 is 0 Å². The maximum atomic E-state index is 12.0. The average Bonchev–Trinajstić information content (AvgIpc) is 3.10. The molecule has 0 fully saturated rings. The second kappa shape index (κ2) is 8.83. The first-order valence-corrected chi connectivity index (χ1v) is 9.20. The number of anilines is 2. The number of benzene rings is 2. The highest BCUT2D eigenvalue weighted by Gasteiger charge is 2.10. The molecule has 1 aromatic heterocycles. The molecule has 2 N–H and O–H groups in total. The molecule has 0 atom stereocenters. The maximum absolute atomic E-state index is 12.0. The van der Waals surface area contributed by atoms with Gasteiger partial charge >= 0.3 is 6.03 Å². The van der Waals surface area contributed by atoms with Crippen molar-refractivity contribution in [1.29, 1.82) is 0 Å². The largest absolute Gasteiger partial charge is 0.486 e. The Morgan fingerprint density at radius 2 is 1.86 bits per heavy atom. The fraction of sp³-hybridized carbons (Fsp3) is 0.0625. The number of nitro benzene ring substituents is 1. The van der Waals surface area contributed by atoms with Gasteiger partial charge in [-0.3, -0.25) is 15.4 Å². The van der Waals surface area contributed by atoms with Crippen LogP contribution in [0.1, 0.15) is 5.01 Å². The number of nitro groups is 1. The first-order chi connectivity index (χ1) is 13.4. The lowest BCUT2D eigenvalue weighted by atomic mass is 10.3. The molecule has 3 aromatic rings. The fourth-order valence-electron chi connectivity index (χ4n) is 2.00. The summed E-state index contributed by atoms with van der Waals surface area (Å²) in [5.74, 6) is 0.452. The van der Waals surface area contributed by atoms with E-state index in [0.717, 1.165) is 11.3 Å². The summed E-state index contributed by atoms with van der Waals surface area (Å²) in [6.45, 7) is 0.103. The zero-order chi connectivity index (χ0) is 20.1. The highest BCUT2D eigenvalue weighted by molar-refractivity contribution is 7.15. The monoisotopic (exact) mass is 439 g/mol. The molecule has 0 aliphatic rings. The Morgan fingerprint density at radius 3 is 2.54 bits per heavy atom. The Balaban J connectivity index is 1.52. The van der Waals surface area contributed by atoms with E-state index in [4.69, 9.17) is 27.9 Å². The molecule has 0 aliphatic carbocycles. The molecule has 12 heteroatoms. The second-order valence-electron chi connectivity index (χ2n) is 5.25. The number of nitrogens with one attached hydrogen (secondary N) is 2. The van der Waals surface area contributed by atoms with Crippen LogP contribution < -0.4 is 15.4 Å². The van der Waals surface area contributed by atoms with E-state index in [1.165, 1.54) is 30.3 Å². The number of non-ortho nitro benzene ring substituents is 1. The van der Waals surface area contributed by atoms with Crippen LogP contribution in [0.5, 0.6) is 5.75 Å². The molecule has 9 nitrogen and oxygen atoms in total. The van der Waals surface area contributed by atoms with Gasteiger partial charge in [-0.05, 0) is 30.3 Å². The van der Waals surface area contributed by atoms with E-state index in [2.05, 4.69) is 20.8 Å². The number of carbonyl (C=O) groups excluding carboxylic acids is 1. The van der Waals surface area contributed by atoms with Crippen molar-refractivity contribution in [3.63, 3.8) is 0 Å². The summed E-state index contributed by atoms with van der Waals surface area (Å²) in [6.07, 6.45) is 0. The van der Waals surface area contributed by atoms with Crippen LogP contribution in [0.25, 0.3) is 0 Å². The lowest BCUT2D eigenvalue weighted by Crippen LogP contribution is -2.19. The van der Waals surface area contributed by atoms with Crippen LogP contribution in [-0.4, -0.2) is 21.2 Å². The third-order valence-corrected chi connectivity index (χ3v) is 4.83. The van der Waals surface area contributed by atoms with E-state index < -0.39 is 11.0 Å². The minimum Gasteiger partial charge on any atom is -0.486 e. The SMILES string of the molecule is O=C(Nc1ccc(Cl)c(Cl)c1)Nc1nnc(COc2ccc([N+](=O)[O-])cc2)s1. The molecule has 0 saturated carbocycles. The van der Waals surface area contributed by atoms with Gasteiger partial charge in [0.15, 0.2) is 5.01 Å². The van der Waals surface area contributed by atoms with Crippen LogP contribution >= 0.6 is 34.5 Å². The first kappa shape index (κ1) is 19.8. The molecule has 28 heavy (non-hydrogen) atoms. The van der Waals surface area contributed by atoms with E-state index in [9.17, 15) is 14.9 Å². The number of aromatic nitrogens is 2. The zero-order valence-electron chi connectivity index (χ0n) is 13.9. The summed E-state index contributed by atoms with van der Waals surface area (Å²) in [6, 6.07) is 9.84. The molecule has 144 valence electrons. The summed E-state index contributed by atoms with van der Waals surface area (Å²) < 4.78 is 5.49. The van der Waals surface area contributed by atoms with Gasteiger partial charge in [-0.15, -0.1) is 10.2 Å². The van der Waals surface area contributed by atoms with Crippen molar-refractivity contribution < 1.29 is 14.5 Å². The lowest BCUT2D eigenvalue weighted by molar-refractivity contribution is -0.384. The number of hydrogen-bond donors (Lipinski definition) is 2. The lowest BCUT2D eigenvalue weighted by Gasteiger charge is -2.06. The minimum absolute atomic E-state index is 0.0252. The normalized spacial score (nSPS) is 10.4. The van der Waals surface area contributed by atoms with E-state index in [1.807, 2.05) is 0 Å². The van der Waals surface area contributed by atoms with Gasteiger partial charge in [-0.1, -0.05) is 34.5 Å². The van der Waals surface area contributed by atoms with Gasteiger partial charge < -0.3 is 10.1 Å². The topological polar surface area (TPSA) is 119 Å². The van der Waals surface area contributed by atoms with E-state index in [0.29, 0.717) is 26.5 Å². The summed E-state index contributed by atoms with van der Waals surface area (Å²) in [7, 11) is 0. The molecule has 0 saturated heterocycles. The Hall–Kier alpha value is -2.95. The summed E-state index contributed by atoms with van der Waals surface area (Å²) in [5.41, 5.74) is 0.445. The fourth-order valence-corrected chi connectivity index (χ4v) is 2.95. The number of ether oxygens (including phenoxy) is 1. The molecule has 2 amide bonds. The molecular formula is C16H11Cl2N5O4S. The Kier molecular flexibility index (Phi) is 6.24. The van der Waals surface area contributed by atoms with Gasteiger partial charge in [-0.25, -0.2) is 4.79 Å². The molecule has 0 aliphatic heterocycles. The second-order valence-corrected chi connectivity index (χ2v) is 7.13. The van der Waals surface area contributed by atoms with Crippen molar-refractivity contribution in [2.45, 2.75) is 6.61 Å². The predicted molar refractivity (Wildman–Crippen MR) is 106 cm³/mol. The van der Waals surface area contributed by atoms with E-state index in [1.54, 1.807) is 12.1 Å². The third kappa shape index (κ3) is 5.28. The highest BCUT2D eigenvalue weighted by Crippen LogP contribution is 2.25. The van der Waals surface area contributed by atoms with Crippen LogP contribution in [0.15, 0.2) is 42.5 Å². The van der Waals surface area contributed by atoms with Crippen LogP contribution in [0, 0.1) is 10.1 Å². The van der Waals surface area contributed by atoms with Crippen LogP contribution in [0.2, 0.25) is 10.0 Å². The van der Waals surface area contributed by atoms with Crippen molar-refractivity contribution in [3.8, 4) is 5.75 Å². The number of halogens is 2. The van der Waals surface area contributed by atoms with Crippen molar-refractivity contribution in [1.82, 2.24) is 10.2 Å². The van der Waals surface area contributed by atoms with Gasteiger partial charge in [0.1, 0.15) is 12.4 Å². The van der Waals surface area contributed by atoms with Crippen LogP contribution in [0.4, 0.5) is 21.3 Å². The standard InChI is InChI=1S/C16H11Cl2N5O4S/c17-12-6-1-9(7-13(12)18)19-15(24)20-16-22-21-14(28-16)8-27-11-4-2-10(3-5-11)23(25)26/h1-7H,8H2,(H2,19,20,22,24). The number of rotatable bonds is 6. The molecule has 0 bridgehead atoms. The number of nitrogens with zero attached hydrogens (tertiary/aromatic N) is 3. The zero-order valence-corrected chi connectivity index (χ0v) is 16.2. The Morgan fingerprint density at radius 1 is 1.11 bits per heavy atom. The van der Waals surface area contributed by atoms with Crippen molar-refractivity contribution in [3.05, 3.63) is 67.6 Å². The van der Waals surface area contributed by atoms with Crippen molar-refractivity contribution >= 4 is 57.1 Å². The molecule has 1 heterocycles. The van der Waals surface area contributed by atoms with Gasteiger partial charge in [0.05, 0.1) is 15.0 Å². The van der Waals surface area contributed by atoms with Crippen LogP contribution in [-0.2, 0) is 6.61 Å². The number of amides is 2. The summed E-state index contributed by atoms with van der Waals surface area (Å²) in [4.78, 5) is 22.1. The summed E-state index contributed by atoms with van der Waals surface area (Å²) >= 11 is 12.9. The molecule has 0 spiro atoms. The number of urea groups is 1. The van der Waals surface area contributed by atoms with Gasteiger partial charge in [0, 0.05) is 17.8 Å². The van der Waals surface area contributed by atoms with Gasteiger partial charge in [0.25, 0.3) is 5.69 Å².